The monoisotopic (exact) mass is 902 g/mol. The second kappa shape index (κ2) is 22.6. The van der Waals surface area contributed by atoms with E-state index in [0.29, 0.717) is 39.3 Å². The van der Waals surface area contributed by atoms with E-state index in [2.05, 4.69) is 31.1 Å². The maximum Gasteiger partial charge on any atom is 0.277 e. The number of hydrogen-bond donors (Lipinski definition) is 4. The first-order valence-corrected chi connectivity index (χ1v) is 22.3. The van der Waals surface area contributed by atoms with Crippen molar-refractivity contribution in [2.75, 3.05) is 39.9 Å². The number of nitrogens with one attached hydrogen (secondary N) is 1. The van der Waals surface area contributed by atoms with Crippen LogP contribution in [0.1, 0.15) is 93.0 Å². The quantitative estimate of drug-likeness (QED) is 0.108. The lowest BCUT2D eigenvalue weighted by molar-refractivity contribution is -0.142. The Labute approximate surface area is 385 Å². The fourth-order valence-corrected chi connectivity index (χ4v) is 8.09. The molecule has 0 radical (unpaired) electrons. The molecule has 2 heterocycles. The third-order valence-corrected chi connectivity index (χ3v) is 11.8. The molecule has 0 saturated carbocycles. The molecule has 5 rings (SSSR count). The summed E-state index contributed by atoms with van der Waals surface area (Å²) >= 11 is 0. The van der Waals surface area contributed by atoms with Gasteiger partial charge in [-0.05, 0) is 65.8 Å². The number of carbonyl (C=O) groups is 5. The number of amides is 2. The third kappa shape index (κ3) is 12.0. The number of hydrogen-bond acceptors (Lipinski definition) is 13. The highest BCUT2D eigenvalue weighted by Gasteiger charge is 2.36. The SMILES string of the molecule is C[C@@H]1CC(=O)[C@@H](N(C)C(=O)[C@H](CCN)CC(=O)c2cnc(-c3ccc(C(C)(C)C)cc3)c(=O)n2C)c2ccc(OCCN)c(c2)-c2cc(ccc2OCCN)C[C@@H](C(=O)CCC#N)NC1=O. The maximum absolute atomic E-state index is 14.7. The molecule has 4 bridgehead atoms. The van der Waals surface area contributed by atoms with Crippen LogP contribution in [-0.2, 0) is 38.1 Å². The predicted octanol–water partition coefficient (Wildman–Crippen LogP) is 4.33. The second-order valence-corrected chi connectivity index (χ2v) is 17.8. The van der Waals surface area contributed by atoms with Crippen molar-refractivity contribution < 1.29 is 33.4 Å². The molecule has 0 saturated heterocycles. The average Bonchev–Trinajstić information content (AvgIpc) is 3.29. The maximum atomic E-state index is 14.7. The molecule has 1 aliphatic rings. The summed E-state index contributed by atoms with van der Waals surface area (Å²) in [4.78, 5) is 90.1. The molecule has 0 aliphatic carbocycles. The van der Waals surface area contributed by atoms with E-state index in [0.717, 1.165) is 5.56 Å². The number of carbonyl (C=O) groups excluding carboxylic acids is 5. The zero-order chi connectivity index (χ0) is 48.3. The number of nitriles is 1. The van der Waals surface area contributed by atoms with Crippen molar-refractivity contribution in [3.05, 3.63) is 99.6 Å². The molecule has 350 valence electrons. The Morgan fingerprint density at radius 1 is 0.924 bits per heavy atom. The fourth-order valence-electron chi connectivity index (χ4n) is 8.09. The molecule has 0 fully saturated rings. The molecule has 1 aliphatic heterocycles. The van der Waals surface area contributed by atoms with Crippen molar-refractivity contribution >= 4 is 29.2 Å². The molecular weight excluding hydrogens is 841 g/mol. The van der Waals surface area contributed by atoms with Crippen molar-refractivity contribution in [3.8, 4) is 40.0 Å². The van der Waals surface area contributed by atoms with E-state index in [-0.39, 0.29) is 94.0 Å². The molecule has 2 amide bonds. The average molecular weight is 903 g/mol. The molecular formula is C50H62N8O8. The lowest BCUT2D eigenvalue weighted by Crippen LogP contribution is -2.46. The predicted molar refractivity (Wildman–Crippen MR) is 250 cm³/mol. The summed E-state index contributed by atoms with van der Waals surface area (Å²) in [7, 11) is 2.94. The van der Waals surface area contributed by atoms with E-state index in [1.165, 1.54) is 29.8 Å². The van der Waals surface area contributed by atoms with Crippen LogP contribution in [0, 0.1) is 23.2 Å². The molecule has 0 spiro atoms. The van der Waals surface area contributed by atoms with Gasteiger partial charge in [0.05, 0.1) is 18.3 Å². The van der Waals surface area contributed by atoms with E-state index in [4.69, 9.17) is 26.7 Å². The normalized spacial score (nSPS) is 16.9. The number of nitrogens with zero attached hydrogens (tertiary/aromatic N) is 4. The summed E-state index contributed by atoms with van der Waals surface area (Å²) in [5.74, 6) is -3.65. The number of likely N-dealkylation sites (N-methyl/N-ethyl adjacent to an activating group) is 1. The Balaban J connectivity index is 1.57. The minimum Gasteiger partial charge on any atom is -0.492 e. The molecule has 4 atom stereocenters. The molecule has 1 aromatic heterocycles. The van der Waals surface area contributed by atoms with Crippen LogP contribution in [-0.4, -0.2) is 89.6 Å². The number of nitrogens with two attached hydrogens (primary N) is 3. The van der Waals surface area contributed by atoms with Crippen LogP contribution in [0.2, 0.25) is 0 Å². The number of benzene rings is 3. The van der Waals surface area contributed by atoms with Gasteiger partial charge in [-0.15, -0.1) is 0 Å². The highest BCUT2D eigenvalue weighted by atomic mass is 16.5. The lowest BCUT2D eigenvalue weighted by Gasteiger charge is -2.32. The molecule has 0 unspecified atom stereocenters. The van der Waals surface area contributed by atoms with Crippen LogP contribution in [0.3, 0.4) is 0 Å². The van der Waals surface area contributed by atoms with Gasteiger partial charge in [0.2, 0.25) is 11.8 Å². The number of ether oxygens (including phenoxy) is 2. The Morgan fingerprint density at radius 3 is 2.17 bits per heavy atom. The molecule has 4 aromatic rings. The number of Topliss-reactive ketones (excluding diaryl/α,β-unsaturated/α-hetero) is 3. The summed E-state index contributed by atoms with van der Waals surface area (Å²) in [5, 5.41) is 12.1. The van der Waals surface area contributed by atoms with Crippen LogP contribution in [0.15, 0.2) is 71.7 Å². The van der Waals surface area contributed by atoms with Crippen molar-refractivity contribution in [1.29, 1.82) is 5.26 Å². The van der Waals surface area contributed by atoms with E-state index in [1.54, 1.807) is 43.3 Å². The van der Waals surface area contributed by atoms with Gasteiger partial charge in [-0.1, -0.05) is 64.1 Å². The molecule has 7 N–H and O–H groups in total. The van der Waals surface area contributed by atoms with Gasteiger partial charge in [0.15, 0.2) is 17.3 Å². The third-order valence-electron chi connectivity index (χ3n) is 11.8. The number of fused-ring (bicyclic) bond motifs is 5. The molecule has 16 nitrogen and oxygen atoms in total. The Morgan fingerprint density at radius 2 is 1.56 bits per heavy atom. The zero-order valence-electron chi connectivity index (χ0n) is 38.7. The Kier molecular flexibility index (Phi) is 17.3. The minimum atomic E-state index is -1.28. The van der Waals surface area contributed by atoms with Gasteiger partial charge in [-0.25, -0.2) is 4.98 Å². The Bertz CT molecular complexity index is 2520. The Hall–Kier alpha value is -6.54. The van der Waals surface area contributed by atoms with Gasteiger partial charge in [-0.2, -0.15) is 5.26 Å². The molecule has 3 aromatic carbocycles. The first kappa shape index (κ1) is 50.5. The van der Waals surface area contributed by atoms with Gasteiger partial charge in [0, 0.05) is 81.4 Å². The largest absolute Gasteiger partial charge is 0.492 e. The minimum absolute atomic E-state index is 0.00144. The fraction of sp³-hybridized carbons (Fsp3) is 0.440. The summed E-state index contributed by atoms with van der Waals surface area (Å²) in [6.07, 6.45) is 0.672. The van der Waals surface area contributed by atoms with E-state index < -0.39 is 52.9 Å². The zero-order valence-corrected chi connectivity index (χ0v) is 38.7. The van der Waals surface area contributed by atoms with Crippen LogP contribution >= 0.6 is 0 Å². The van der Waals surface area contributed by atoms with Crippen LogP contribution in [0.4, 0.5) is 0 Å². The summed E-state index contributed by atoms with van der Waals surface area (Å²) in [6, 6.07) is 17.6. The summed E-state index contributed by atoms with van der Waals surface area (Å²) < 4.78 is 13.4. The lowest BCUT2D eigenvalue weighted by atomic mass is 9.86. The standard InChI is InChI=1S/C50H62N8O8/c1-30-24-42(61)46(58(6)48(63)34(17-19-52)28-41(60)39-29-55-45(49(64)57(39)5)32-10-13-35(14-11-32)50(2,3)4)33-12-16-44(66-23-21-54)37(27-33)36-25-31(9-15-43(36)65-22-20-53)26-38(56-47(30)62)40(59)8-7-18-51/h9-16,25,27,29-30,34,38,46H,7-8,17,19-24,26,28,52-54H2,1-6H3,(H,56,62)/t30-,34-,38+,46+/m1/s1. The number of rotatable bonds is 17. The van der Waals surface area contributed by atoms with E-state index >= 15 is 0 Å². The van der Waals surface area contributed by atoms with Gasteiger partial charge < -0.3 is 41.5 Å². The second-order valence-electron chi connectivity index (χ2n) is 17.8. The topological polar surface area (TPSA) is 256 Å². The first-order valence-electron chi connectivity index (χ1n) is 22.3. The highest BCUT2D eigenvalue weighted by Crippen LogP contribution is 2.41. The van der Waals surface area contributed by atoms with Crippen molar-refractivity contribution in [1.82, 2.24) is 19.8 Å². The first-order chi connectivity index (χ1) is 31.4. The summed E-state index contributed by atoms with van der Waals surface area (Å²) in [5.41, 5.74) is 21.0. The van der Waals surface area contributed by atoms with Gasteiger partial charge in [0.25, 0.3) is 5.56 Å². The van der Waals surface area contributed by atoms with Gasteiger partial charge >= 0.3 is 0 Å². The van der Waals surface area contributed by atoms with E-state index in [1.807, 2.05) is 30.3 Å². The number of aromatic nitrogens is 2. The van der Waals surface area contributed by atoms with Crippen molar-refractivity contribution in [2.24, 2.45) is 36.1 Å². The van der Waals surface area contributed by atoms with Crippen LogP contribution in [0.25, 0.3) is 22.4 Å². The van der Waals surface area contributed by atoms with Crippen molar-refractivity contribution in [3.63, 3.8) is 0 Å². The summed E-state index contributed by atoms with van der Waals surface area (Å²) in [6.45, 7) is 8.57. The number of ketones is 3. The smallest absolute Gasteiger partial charge is 0.277 e. The van der Waals surface area contributed by atoms with Crippen molar-refractivity contribution in [2.45, 2.75) is 83.7 Å². The molecule has 16 heteroatoms. The van der Waals surface area contributed by atoms with Gasteiger partial charge in [0.1, 0.15) is 42.1 Å². The molecule has 66 heavy (non-hydrogen) atoms. The highest BCUT2D eigenvalue weighted by molar-refractivity contribution is 5.99. The van der Waals surface area contributed by atoms with Gasteiger partial charge in [-0.3, -0.25) is 28.8 Å². The van der Waals surface area contributed by atoms with E-state index in [9.17, 15) is 34.0 Å². The van der Waals surface area contributed by atoms with Crippen LogP contribution in [0.5, 0.6) is 11.5 Å². The van der Waals surface area contributed by atoms with Crippen LogP contribution < -0.4 is 37.6 Å².